The average Bonchev–Trinajstić information content (AvgIpc) is 2.15. The first kappa shape index (κ1) is 10.4. The van der Waals surface area contributed by atoms with Crippen molar-refractivity contribution < 1.29 is 19.4 Å². The summed E-state index contributed by atoms with van der Waals surface area (Å²) in [6.07, 6.45) is 0. The first-order valence-corrected chi connectivity index (χ1v) is 4.06. The van der Waals surface area contributed by atoms with Crippen molar-refractivity contribution in [3.63, 3.8) is 0 Å². The standard InChI is InChI=1S/C10H12O4/c1-6-4-7(11)5-8(9(6)13-2)10(12)14-3/h4-5,11H,1-3H3. The molecular formula is C10H12O4. The van der Waals surface area contributed by atoms with Crippen LogP contribution in [-0.4, -0.2) is 25.3 Å². The van der Waals surface area contributed by atoms with E-state index in [0.717, 1.165) is 0 Å². The predicted molar refractivity (Wildman–Crippen MR) is 50.7 cm³/mol. The molecule has 14 heavy (non-hydrogen) atoms. The van der Waals surface area contributed by atoms with E-state index in [2.05, 4.69) is 4.74 Å². The minimum Gasteiger partial charge on any atom is -0.508 e. The molecule has 0 amide bonds. The van der Waals surface area contributed by atoms with E-state index in [1.54, 1.807) is 6.92 Å². The molecule has 0 saturated heterocycles. The molecular weight excluding hydrogens is 184 g/mol. The van der Waals surface area contributed by atoms with E-state index in [1.165, 1.54) is 26.4 Å². The summed E-state index contributed by atoms with van der Waals surface area (Å²) >= 11 is 0. The zero-order valence-corrected chi connectivity index (χ0v) is 8.33. The summed E-state index contributed by atoms with van der Waals surface area (Å²) in [4.78, 5) is 11.3. The van der Waals surface area contributed by atoms with Gasteiger partial charge in [-0.25, -0.2) is 4.79 Å². The second-order valence-electron chi connectivity index (χ2n) is 2.84. The quantitative estimate of drug-likeness (QED) is 0.728. The molecule has 4 heteroatoms. The summed E-state index contributed by atoms with van der Waals surface area (Å²) in [7, 11) is 2.74. The minimum atomic E-state index is -0.527. The SMILES string of the molecule is COC(=O)c1cc(O)cc(C)c1OC. The van der Waals surface area contributed by atoms with Gasteiger partial charge in [0.2, 0.25) is 0 Å². The Morgan fingerprint density at radius 2 is 2.00 bits per heavy atom. The Morgan fingerprint density at radius 1 is 1.36 bits per heavy atom. The lowest BCUT2D eigenvalue weighted by molar-refractivity contribution is 0.0596. The van der Waals surface area contributed by atoms with E-state index >= 15 is 0 Å². The van der Waals surface area contributed by atoms with Crippen molar-refractivity contribution in [2.24, 2.45) is 0 Å². The van der Waals surface area contributed by atoms with Crippen molar-refractivity contribution in [1.82, 2.24) is 0 Å². The highest BCUT2D eigenvalue weighted by atomic mass is 16.5. The van der Waals surface area contributed by atoms with Gasteiger partial charge in [-0.15, -0.1) is 0 Å². The number of aromatic hydroxyl groups is 1. The fourth-order valence-electron chi connectivity index (χ4n) is 1.29. The van der Waals surface area contributed by atoms with Gasteiger partial charge < -0.3 is 14.6 Å². The number of carbonyl (C=O) groups is 1. The van der Waals surface area contributed by atoms with Crippen LogP contribution in [0, 0.1) is 6.92 Å². The summed E-state index contributed by atoms with van der Waals surface area (Å²) in [5.41, 5.74) is 0.917. The van der Waals surface area contributed by atoms with Crippen LogP contribution in [0.2, 0.25) is 0 Å². The molecule has 1 N–H and O–H groups in total. The van der Waals surface area contributed by atoms with E-state index < -0.39 is 5.97 Å². The molecule has 0 bridgehead atoms. The smallest absolute Gasteiger partial charge is 0.341 e. The van der Waals surface area contributed by atoms with Crippen LogP contribution in [0.3, 0.4) is 0 Å². The van der Waals surface area contributed by atoms with Crippen molar-refractivity contribution >= 4 is 5.97 Å². The third-order valence-corrected chi connectivity index (χ3v) is 1.87. The van der Waals surface area contributed by atoms with E-state index in [0.29, 0.717) is 11.3 Å². The largest absolute Gasteiger partial charge is 0.508 e. The van der Waals surface area contributed by atoms with Gasteiger partial charge in [0.25, 0.3) is 0 Å². The van der Waals surface area contributed by atoms with Crippen LogP contribution >= 0.6 is 0 Å². The Morgan fingerprint density at radius 3 is 2.50 bits per heavy atom. The molecule has 0 heterocycles. The zero-order valence-electron chi connectivity index (χ0n) is 8.33. The number of hydrogen-bond acceptors (Lipinski definition) is 4. The van der Waals surface area contributed by atoms with Crippen LogP contribution in [0.5, 0.6) is 11.5 Å². The maximum Gasteiger partial charge on any atom is 0.341 e. The van der Waals surface area contributed by atoms with Gasteiger partial charge in [-0.1, -0.05) is 0 Å². The van der Waals surface area contributed by atoms with Crippen LogP contribution in [0.15, 0.2) is 12.1 Å². The predicted octanol–water partition coefficient (Wildman–Crippen LogP) is 1.50. The summed E-state index contributed by atoms with van der Waals surface area (Å²) in [6, 6.07) is 2.84. The molecule has 0 spiro atoms. The van der Waals surface area contributed by atoms with Gasteiger partial charge in [0.1, 0.15) is 17.1 Å². The summed E-state index contributed by atoms with van der Waals surface area (Å²) < 4.78 is 9.60. The molecule has 4 nitrogen and oxygen atoms in total. The second kappa shape index (κ2) is 4.00. The van der Waals surface area contributed by atoms with E-state index in [9.17, 15) is 9.90 Å². The van der Waals surface area contributed by atoms with Gasteiger partial charge in [0.15, 0.2) is 0 Å². The number of hydrogen-bond donors (Lipinski definition) is 1. The van der Waals surface area contributed by atoms with Crippen molar-refractivity contribution in [3.8, 4) is 11.5 Å². The van der Waals surface area contributed by atoms with Crippen LogP contribution in [0.4, 0.5) is 0 Å². The van der Waals surface area contributed by atoms with Crippen LogP contribution < -0.4 is 4.74 Å². The summed E-state index contributed by atoms with van der Waals surface area (Å²) in [6.45, 7) is 1.74. The fourth-order valence-corrected chi connectivity index (χ4v) is 1.29. The summed E-state index contributed by atoms with van der Waals surface area (Å²) in [5, 5.41) is 9.29. The third-order valence-electron chi connectivity index (χ3n) is 1.87. The van der Waals surface area contributed by atoms with Crippen molar-refractivity contribution in [3.05, 3.63) is 23.3 Å². The maximum absolute atomic E-state index is 11.3. The van der Waals surface area contributed by atoms with E-state index in [1.807, 2.05) is 0 Å². The van der Waals surface area contributed by atoms with E-state index in [-0.39, 0.29) is 11.3 Å². The van der Waals surface area contributed by atoms with Gasteiger partial charge >= 0.3 is 5.97 Å². The maximum atomic E-state index is 11.3. The second-order valence-corrected chi connectivity index (χ2v) is 2.84. The van der Waals surface area contributed by atoms with Gasteiger partial charge in [-0.05, 0) is 24.6 Å². The summed E-state index contributed by atoms with van der Waals surface area (Å²) in [5.74, 6) is -0.0841. The number of carbonyl (C=O) groups excluding carboxylic acids is 1. The molecule has 0 atom stereocenters. The van der Waals surface area contributed by atoms with Crippen molar-refractivity contribution in [2.75, 3.05) is 14.2 Å². The lowest BCUT2D eigenvalue weighted by Gasteiger charge is -2.10. The Hall–Kier alpha value is -1.71. The Labute approximate surface area is 82.1 Å². The third kappa shape index (κ3) is 1.79. The molecule has 0 aromatic heterocycles. The number of benzene rings is 1. The number of aryl methyl sites for hydroxylation is 1. The molecule has 0 aliphatic rings. The first-order valence-electron chi connectivity index (χ1n) is 4.06. The number of rotatable bonds is 2. The lowest BCUT2D eigenvalue weighted by atomic mass is 10.1. The normalized spacial score (nSPS) is 9.64. The fraction of sp³-hybridized carbons (Fsp3) is 0.300. The molecule has 0 aliphatic carbocycles. The number of ether oxygens (including phenoxy) is 2. The molecule has 0 fully saturated rings. The molecule has 0 saturated carbocycles. The van der Waals surface area contributed by atoms with Crippen LogP contribution in [0.25, 0.3) is 0 Å². The molecule has 1 aromatic rings. The Balaban J connectivity index is 3.32. The minimum absolute atomic E-state index is 0.0173. The highest BCUT2D eigenvalue weighted by Crippen LogP contribution is 2.28. The topological polar surface area (TPSA) is 55.8 Å². The number of methoxy groups -OCH3 is 2. The number of esters is 1. The van der Waals surface area contributed by atoms with Gasteiger partial charge in [-0.3, -0.25) is 0 Å². The van der Waals surface area contributed by atoms with Gasteiger partial charge in [-0.2, -0.15) is 0 Å². The van der Waals surface area contributed by atoms with Gasteiger partial charge in [0.05, 0.1) is 14.2 Å². The number of phenols is 1. The zero-order chi connectivity index (χ0) is 10.7. The first-order chi connectivity index (χ1) is 6.60. The molecule has 1 aromatic carbocycles. The lowest BCUT2D eigenvalue weighted by Crippen LogP contribution is -2.05. The average molecular weight is 196 g/mol. The van der Waals surface area contributed by atoms with Crippen LogP contribution in [0.1, 0.15) is 15.9 Å². The molecule has 0 unspecified atom stereocenters. The Kier molecular flexibility index (Phi) is 2.96. The highest BCUT2D eigenvalue weighted by Gasteiger charge is 2.15. The van der Waals surface area contributed by atoms with Crippen molar-refractivity contribution in [2.45, 2.75) is 6.92 Å². The molecule has 0 aliphatic heterocycles. The molecule has 1 rings (SSSR count). The highest BCUT2D eigenvalue weighted by molar-refractivity contribution is 5.93. The van der Waals surface area contributed by atoms with Gasteiger partial charge in [0, 0.05) is 0 Å². The van der Waals surface area contributed by atoms with Crippen LogP contribution in [-0.2, 0) is 4.74 Å². The van der Waals surface area contributed by atoms with E-state index in [4.69, 9.17) is 4.74 Å². The monoisotopic (exact) mass is 196 g/mol. The van der Waals surface area contributed by atoms with Crippen molar-refractivity contribution in [1.29, 1.82) is 0 Å². The Bertz CT molecular complexity index is 357. The molecule has 76 valence electrons. The number of phenolic OH excluding ortho intramolecular Hbond substituents is 1. The molecule has 0 radical (unpaired) electrons.